The summed E-state index contributed by atoms with van der Waals surface area (Å²) < 4.78 is 0. The number of nitrogens with one attached hydrogen (secondary N) is 2. The zero-order valence-corrected chi connectivity index (χ0v) is 9.79. The van der Waals surface area contributed by atoms with E-state index < -0.39 is 0 Å². The molecule has 2 amide bonds. The van der Waals surface area contributed by atoms with E-state index in [1.165, 1.54) is 45.6 Å². The second-order valence-electron chi connectivity index (χ2n) is 5.96. The van der Waals surface area contributed by atoms with Gasteiger partial charge < -0.3 is 5.32 Å². The second kappa shape index (κ2) is 3.62. The van der Waals surface area contributed by atoms with E-state index in [1.54, 1.807) is 0 Å². The van der Waals surface area contributed by atoms with E-state index in [1.807, 2.05) is 0 Å². The summed E-state index contributed by atoms with van der Waals surface area (Å²) >= 11 is 0. The third-order valence-corrected chi connectivity index (χ3v) is 4.61. The van der Waals surface area contributed by atoms with Crippen LogP contribution in [0.5, 0.6) is 0 Å². The van der Waals surface area contributed by atoms with Crippen molar-refractivity contribution in [1.29, 1.82) is 0 Å². The Morgan fingerprint density at radius 1 is 1.12 bits per heavy atom. The summed E-state index contributed by atoms with van der Waals surface area (Å²) in [6, 6.07) is -0.176. The van der Waals surface area contributed by atoms with Gasteiger partial charge in [-0.1, -0.05) is 0 Å². The highest BCUT2D eigenvalue weighted by molar-refractivity contribution is 5.73. The molecule has 0 radical (unpaired) electrons. The predicted molar refractivity (Wildman–Crippen MR) is 59.6 cm³/mol. The number of amides is 2. The monoisotopic (exact) mass is 224 g/mol. The number of rotatable bonds is 2. The van der Waals surface area contributed by atoms with E-state index in [0.717, 1.165) is 17.8 Å². The average molecular weight is 224 g/mol. The van der Waals surface area contributed by atoms with E-state index in [2.05, 4.69) is 15.6 Å². The summed E-state index contributed by atoms with van der Waals surface area (Å²) in [6.07, 6.45) is 7.72. The molecule has 4 bridgehead atoms. The van der Waals surface area contributed by atoms with Crippen LogP contribution in [-0.2, 0) is 4.84 Å². The SMILES string of the molecule is CONC(=O)NC12CC3CC(CC(C3)C1)C2. The highest BCUT2D eigenvalue weighted by atomic mass is 16.6. The van der Waals surface area contributed by atoms with Crippen LogP contribution in [0.2, 0.25) is 0 Å². The van der Waals surface area contributed by atoms with Gasteiger partial charge in [0.15, 0.2) is 0 Å². The maximum atomic E-state index is 11.6. The van der Waals surface area contributed by atoms with Gasteiger partial charge in [-0.15, -0.1) is 0 Å². The zero-order chi connectivity index (χ0) is 11.2. The van der Waals surface area contributed by atoms with Crippen LogP contribution in [0, 0.1) is 17.8 Å². The fraction of sp³-hybridized carbons (Fsp3) is 0.917. The van der Waals surface area contributed by atoms with Crippen LogP contribution < -0.4 is 10.8 Å². The molecular weight excluding hydrogens is 204 g/mol. The average Bonchev–Trinajstić information content (AvgIpc) is 2.13. The lowest BCUT2D eigenvalue weighted by Gasteiger charge is -2.56. The van der Waals surface area contributed by atoms with Crippen molar-refractivity contribution in [1.82, 2.24) is 10.8 Å². The molecular formula is C12H20N2O2. The van der Waals surface area contributed by atoms with Crippen LogP contribution in [-0.4, -0.2) is 18.7 Å². The molecule has 90 valence electrons. The maximum absolute atomic E-state index is 11.6. The molecule has 16 heavy (non-hydrogen) atoms. The molecule has 0 aromatic rings. The highest BCUT2D eigenvalue weighted by Gasteiger charge is 2.51. The van der Waals surface area contributed by atoms with Gasteiger partial charge >= 0.3 is 6.03 Å². The van der Waals surface area contributed by atoms with Gasteiger partial charge in [0.25, 0.3) is 0 Å². The Balaban J connectivity index is 1.71. The summed E-state index contributed by atoms with van der Waals surface area (Å²) in [6.45, 7) is 0. The first kappa shape index (κ1) is 10.4. The van der Waals surface area contributed by atoms with Gasteiger partial charge in [0.1, 0.15) is 0 Å². The molecule has 0 aromatic heterocycles. The fourth-order valence-electron chi connectivity index (χ4n) is 4.62. The number of carbonyl (C=O) groups excluding carboxylic acids is 1. The van der Waals surface area contributed by atoms with Crippen molar-refractivity contribution in [2.75, 3.05) is 7.11 Å². The van der Waals surface area contributed by atoms with Crippen LogP contribution in [0.1, 0.15) is 38.5 Å². The largest absolute Gasteiger partial charge is 0.339 e. The van der Waals surface area contributed by atoms with Gasteiger partial charge in [-0.25, -0.2) is 10.3 Å². The van der Waals surface area contributed by atoms with Crippen molar-refractivity contribution in [3.05, 3.63) is 0 Å². The molecule has 0 atom stereocenters. The lowest BCUT2D eigenvalue weighted by Crippen LogP contribution is -2.61. The van der Waals surface area contributed by atoms with E-state index in [0.29, 0.717) is 0 Å². The molecule has 0 aliphatic heterocycles. The Hall–Kier alpha value is -0.770. The fourth-order valence-corrected chi connectivity index (χ4v) is 4.62. The summed E-state index contributed by atoms with van der Waals surface area (Å²) in [5, 5.41) is 3.15. The molecule has 4 rings (SSSR count). The lowest BCUT2D eigenvalue weighted by molar-refractivity contribution is -0.0167. The maximum Gasteiger partial charge on any atom is 0.339 e. The van der Waals surface area contributed by atoms with Crippen LogP contribution in [0.25, 0.3) is 0 Å². The van der Waals surface area contributed by atoms with E-state index in [-0.39, 0.29) is 11.6 Å². The predicted octanol–water partition coefficient (Wildman–Crippen LogP) is 1.82. The molecule has 0 spiro atoms. The minimum absolute atomic E-state index is 0.0807. The van der Waals surface area contributed by atoms with Gasteiger partial charge in [0.2, 0.25) is 0 Å². The Labute approximate surface area is 96.1 Å². The molecule has 4 saturated carbocycles. The van der Waals surface area contributed by atoms with Crippen molar-refractivity contribution in [3.8, 4) is 0 Å². The molecule has 4 aliphatic rings. The Bertz CT molecular complexity index is 268. The van der Waals surface area contributed by atoms with E-state index in [4.69, 9.17) is 0 Å². The van der Waals surface area contributed by atoms with Gasteiger partial charge in [0.05, 0.1) is 7.11 Å². The zero-order valence-electron chi connectivity index (χ0n) is 9.79. The normalized spacial score (nSPS) is 44.4. The van der Waals surface area contributed by atoms with Gasteiger partial charge in [0, 0.05) is 5.54 Å². The molecule has 0 saturated heterocycles. The topological polar surface area (TPSA) is 50.4 Å². The Morgan fingerprint density at radius 2 is 1.62 bits per heavy atom. The highest BCUT2D eigenvalue weighted by Crippen LogP contribution is 2.55. The standard InChI is InChI=1S/C12H20N2O2/c1-16-14-11(15)13-12-5-8-2-9(6-12)4-10(3-8)7-12/h8-10H,2-7H2,1H3,(H2,13,14,15). The first-order valence-corrected chi connectivity index (χ1v) is 6.30. The first-order chi connectivity index (χ1) is 7.69. The second-order valence-corrected chi connectivity index (χ2v) is 5.96. The van der Waals surface area contributed by atoms with E-state index >= 15 is 0 Å². The van der Waals surface area contributed by atoms with Crippen molar-refractivity contribution in [3.63, 3.8) is 0 Å². The number of hydrogen-bond donors (Lipinski definition) is 2. The third-order valence-electron chi connectivity index (χ3n) is 4.61. The number of hydroxylamine groups is 1. The Kier molecular flexibility index (Phi) is 2.35. The summed E-state index contributed by atoms with van der Waals surface area (Å²) in [7, 11) is 1.47. The molecule has 0 heterocycles. The van der Waals surface area contributed by atoms with Crippen molar-refractivity contribution in [2.45, 2.75) is 44.1 Å². The molecule has 4 aliphatic carbocycles. The smallest absolute Gasteiger partial charge is 0.331 e. The van der Waals surface area contributed by atoms with Crippen LogP contribution in [0.15, 0.2) is 0 Å². The van der Waals surface area contributed by atoms with Crippen molar-refractivity contribution >= 4 is 6.03 Å². The molecule has 0 unspecified atom stereocenters. The van der Waals surface area contributed by atoms with Gasteiger partial charge in [-0.3, -0.25) is 4.84 Å². The number of urea groups is 1. The van der Waals surface area contributed by atoms with Gasteiger partial charge in [-0.05, 0) is 56.3 Å². The Morgan fingerprint density at radius 3 is 2.06 bits per heavy atom. The molecule has 4 fully saturated rings. The molecule has 0 aromatic carbocycles. The van der Waals surface area contributed by atoms with Crippen molar-refractivity contribution < 1.29 is 9.63 Å². The van der Waals surface area contributed by atoms with Crippen molar-refractivity contribution in [2.24, 2.45) is 17.8 Å². The summed E-state index contributed by atoms with van der Waals surface area (Å²) in [4.78, 5) is 16.2. The minimum Gasteiger partial charge on any atom is -0.331 e. The lowest BCUT2D eigenvalue weighted by atomic mass is 9.53. The molecule has 4 nitrogen and oxygen atoms in total. The number of hydrogen-bond acceptors (Lipinski definition) is 2. The van der Waals surface area contributed by atoms with Crippen LogP contribution >= 0.6 is 0 Å². The summed E-state index contributed by atoms with van der Waals surface area (Å²) in [5.74, 6) is 2.57. The van der Waals surface area contributed by atoms with Crippen LogP contribution in [0.3, 0.4) is 0 Å². The first-order valence-electron chi connectivity index (χ1n) is 6.30. The minimum atomic E-state index is -0.176. The summed E-state index contributed by atoms with van der Waals surface area (Å²) in [5.41, 5.74) is 2.45. The number of carbonyl (C=O) groups is 1. The third kappa shape index (κ3) is 1.69. The quantitative estimate of drug-likeness (QED) is 0.703. The molecule has 2 N–H and O–H groups in total. The van der Waals surface area contributed by atoms with Crippen LogP contribution in [0.4, 0.5) is 4.79 Å². The molecule has 4 heteroatoms. The van der Waals surface area contributed by atoms with E-state index in [9.17, 15) is 4.79 Å². The van der Waals surface area contributed by atoms with Gasteiger partial charge in [-0.2, -0.15) is 0 Å².